The molecule has 0 atom stereocenters. The van der Waals surface area contributed by atoms with Crippen molar-refractivity contribution in [3.8, 4) is 0 Å². The Kier molecular flexibility index (Phi) is 59.0. The van der Waals surface area contributed by atoms with Gasteiger partial charge in [0.1, 0.15) is 0 Å². The van der Waals surface area contributed by atoms with Gasteiger partial charge in [-0.2, -0.15) is 0 Å². The zero-order chi connectivity index (χ0) is 25.1. The van der Waals surface area contributed by atoms with Crippen LogP contribution in [-0.4, -0.2) is 19.8 Å². The first-order valence-electron chi connectivity index (χ1n) is 15.0. The molecule has 4 heteroatoms. The molecule has 0 bridgehead atoms. The molecule has 205 valence electrons. The number of unbranched alkanes of at least 4 members (excludes halogenated alkanes) is 21. The molecule has 0 aliphatic heterocycles. The first-order chi connectivity index (χ1) is 16.2. The van der Waals surface area contributed by atoms with Crippen LogP contribution in [0, 0.1) is 40.8 Å². The van der Waals surface area contributed by atoms with Crippen molar-refractivity contribution in [3.05, 3.63) is 0 Å². The second-order valence-corrected chi connectivity index (χ2v) is 9.54. The van der Waals surface area contributed by atoms with Gasteiger partial charge in [-0.1, -0.05) is 175 Å². The Labute approximate surface area is 249 Å². The van der Waals surface area contributed by atoms with Gasteiger partial charge in [0.05, 0.1) is 0 Å². The van der Waals surface area contributed by atoms with Crippen molar-refractivity contribution in [3.63, 3.8) is 0 Å². The maximum absolute atomic E-state index is 10.1. The summed E-state index contributed by atoms with van der Waals surface area (Å²) < 4.78 is 0. The van der Waals surface area contributed by atoms with E-state index < -0.39 is 0 Å². The largest absolute Gasteiger partial charge is 3.00 e. The third-order valence-corrected chi connectivity index (χ3v) is 5.99. The van der Waals surface area contributed by atoms with Gasteiger partial charge in [-0.3, -0.25) is 0 Å². The third kappa shape index (κ3) is 54.2. The van der Waals surface area contributed by atoms with Crippen LogP contribution >= 0.6 is 0 Å². The molecule has 34 heavy (non-hydrogen) atoms. The molecule has 0 aromatic carbocycles. The fourth-order valence-electron chi connectivity index (χ4n) is 3.71. The molecule has 0 aliphatic rings. The Morgan fingerprint density at radius 1 is 0.265 bits per heavy atom. The van der Waals surface area contributed by atoms with Gasteiger partial charge in [-0.15, -0.1) is 19.8 Å². The van der Waals surface area contributed by atoms with Crippen molar-refractivity contribution in [2.45, 2.75) is 175 Å². The summed E-state index contributed by atoms with van der Waals surface area (Å²) in [5.74, 6) is 0. The Bertz CT molecular complexity index is 211. The Morgan fingerprint density at radius 3 is 0.559 bits per heavy atom. The zero-order valence-electron chi connectivity index (χ0n) is 23.8. The van der Waals surface area contributed by atoms with E-state index in [1.54, 1.807) is 0 Å². The fourth-order valence-corrected chi connectivity index (χ4v) is 3.71. The first kappa shape index (κ1) is 42.3. The average Bonchev–Trinajstić information content (AvgIpc) is 2.83. The minimum atomic E-state index is 0. The molecule has 0 N–H and O–H groups in total. The van der Waals surface area contributed by atoms with E-state index in [2.05, 4.69) is 20.8 Å². The zero-order valence-corrected chi connectivity index (χ0v) is 27.0. The molecule has 1 radical (unpaired) electrons. The van der Waals surface area contributed by atoms with Crippen LogP contribution in [-0.2, 0) is 0 Å². The van der Waals surface area contributed by atoms with Gasteiger partial charge in [0.15, 0.2) is 0 Å². The van der Waals surface area contributed by atoms with Gasteiger partial charge >= 0.3 is 40.8 Å². The Hall–Kier alpha value is 1.23. The van der Waals surface area contributed by atoms with Crippen LogP contribution in [0.5, 0.6) is 0 Å². The SMILES string of the molecule is CCCCCCCCCC[O-].CCCCCCCCCC[O-].CCCCCCCCCC[O-].[Nd+3]. The van der Waals surface area contributed by atoms with E-state index in [1.165, 1.54) is 116 Å². The van der Waals surface area contributed by atoms with E-state index in [9.17, 15) is 15.3 Å². The molecule has 0 aromatic heterocycles. The first-order valence-corrected chi connectivity index (χ1v) is 15.0. The molecule has 3 nitrogen and oxygen atoms in total. The molecule has 0 spiro atoms. The van der Waals surface area contributed by atoms with Gasteiger partial charge < -0.3 is 15.3 Å². The maximum atomic E-state index is 10.1. The van der Waals surface area contributed by atoms with Gasteiger partial charge in [0.2, 0.25) is 0 Å². The Balaban J connectivity index is -0.000000196. The quantitative estimate of drug-likeness (QED) is 0.106. The average molecular weight is 616 g/mol. The summed E-state index contributed by atoms with van der Waals surface area (Å²) in [5, 5.41) is 30.2. The monoisotopic (exact) mass is 613 g/mol. The van der Waals surface area contributed by atoms with E-state index in [0.717, 1.165) is 38.5 Å². The minimum absolute atomic E-state index is 0. The molecule has 0 amide bonds. The molecule has 0 heterocycles. The van der Waals surface area contributed by atoms with Crippen molar-refractivity contribution < 1.29 is 56.2 Å². The van der Waals surface area contributed by atoms with Crippen molar-refractivity contribution in [2.24, 2.45) is 0 Å². The van der Waals surface area contributed by atoms with Gasteiger partial charge in [-0.05, 0) is 0 Å². The number of rotatable bonds is 24. The molecule has 0 saturated heterocycles. The van der Waals surface area contributed by atoms with Crippen LogP contribution in [0.15, 0.2) is 0 Å². The predicted molar refractivity (Wildman–Crippen MR) is 142 cm³/mol. The minimum Gasteiger partial charge on any atom is -0.854 e. The molecule has 0 fully saturated rings. The second-order valence-electron chi connectivity index (χ2n) is 9.54. The summed E-state index contributed by atoms with van der Waals surface area (Å²) in [7, 11) is 0. The van der Waals surface area contributed by atoms with E-state index >= 15 is 0 Å². The van der Waals surface area contributed by atoms with Crippen molar-refractivity contribution >= 4 is 0 Å². The molecule has 0 unspecified atom stereocenters. The summed E-state index contributed by atoms with van der Waals surface area (Å²) in [6.07, 6.45) is 30.2. The summed E-state index contributed by atoms with van der Waals surface area (Å²) in [5.41, 5.74) is 0. The van der Waals surface area contributed by atoms with Gasteiger partial charge in [0.25, 0.3) is 0 Å². The van der Waals surface area contributed by atoms with Crippen LogP contribution in [0.25, 0.3) is 0 Å². The van der Waals surface area contributed by atoms with Gasteiger partial charge in [-0.25, -0.2) is 0 Å². The van der Waals surface area contributed by atoms with Crippen LogP contribution < -0.4 is 15.3 Å². The smallest absolute Gasteiger partial charge is 0.854 e. The molecular formula is C30H63NdO3. The van der Waals surface area contributed by atoms with Crippen LogP contribution in [0.2, 0.25) is 0 Å². The normalized spacial score (nSPS) is 10.1. The predicted octanol–water partition coefficient (Wildman–Crippen LogP) is 7.46. The summed E-state index contributed by atoms with van der Waals surface area (Å²) in [4.78, 5) is 0. The van der Waals surface area contributed by atoms with E-state index in [4.69, 9.17) is 0 Å². The Morgan fingerprint density at radius 2 is 0.412 bits per heavy atom. The van der Waals surface area contributed by atoms with Crippen LogP contribution in [0.1, 0.15) is 175 Å². The third-order valence-electron chi connectivity index (χ3n) is 5.99. The standard InChI is InChI=1S/3C10H21O.Nd/c3*1-2-3-4-5-6-7-8-9-10-11;/h3*2-10H2,1H3;/q3*-1;+3. The van der Waals surface area contributed by atoms with Crippen molar-refractivity contribution in [2.75, 3.05) is 19.8 Å². The van der Waals surface area contributed by atoms with Crippen molar-refractivity contribution in [1.29, 1.82) is 0 Å². The second kappa shape index (κ2) is 47.4. The molecular weight excluding hydrogens is 553 g/mol. The van der Waals surface area contributed by atoms with E-state index in [-0.39, 0.29) is 60.7 Å². The summed E-state index contributed by atoms with van der Waals surface area (Å²) in [6, 6.07) is 0. The van der Waals surface area contributed by atoms with Gasteiger partial charge in [0, 0.05) is 0 Å². The van der Waals surface area contributed by atoms with E-state index in [1.807, 2.05) is 0 Å². The summed E-state index contributed by atoms with van der Waals surface area (Å²) >= 11 is 0. The van der Waals surface area contributed by atoms with Crippen LogP contribution in [0.4, 0.5) is 0 Å². The maximum Gasteiger partial charge on any atom is 3.00 e. The number of hydrogen-bond donors (Lipinski definition) is 0. The van der Waals surface area contributed by atoms with Crippen molar-refractivity contribution in [1.82, 2.24) is 0 Å². The van der Waals surface area contributed by atoms with Crippen LogP contribution in [0.3, 0.4) is 0 Å². The topological polar surface area (TPSA) is 69.2 Å². The molecule has 0 rings (SSSR count). The molecule has 0 saturated carbocycles. The number of hydrogen-bond acceptors (Lipinski definition) is 3. The van der Waals surface area contributed by atoms with E-state index in [0.29, 0.717) is 0 Å². The fraction of sp³-hybridized carbons (Fsp3) is 1.00. The summed E-state index contributed by atoms with van der Waals surface area (Å²) in [6.45, 7) is 7.06. The molecule has 0 aliphatic carbocycles. The molecule has 0 aromatic rings.